The second-order valence-electron chi connectivity index (χ2n) is 6.36. The van der Waals surface area contributed by atoms with E-state index >= 15 is 0 Å². The monoisotopic (exact) mass is 454 g/mol. The van der Waals surface area contributed by atoms with Crippen molar-refractivity contribution in [1.82, 2.24) is 21.5 Å². The number of hydrogen-bond donors (Lipinski definition) is 4. The maximum atomic E-state index is 12.9. The minimum atomic E-state index is -0.877. The van der Waals surface area contributed by atoms with E-state index in [1.807, 2.05) is 6.92 Å². The molecule has 7 nitrogen and oxygen atoms in total. The molecular weight excluding hydrogens is 434 g/mol. The Balaban J connectivity index is 1.88. The highest BCUT2D eigenvalue weighted by molar-refractivity contribution is 6.35. The van der Waals surface area contributed by atoms with Gasteiger partial charge in [-0.3, -0.25) is 20.4 Å². The largest absolute Gasteiger partial charge is 0.334 e. The molecule has 1 unspecified atom stereocenters. The van der Waals surface area contributed by atoms with Crippen LogP contribution in [-0.4, -0.2) is 23.9 Å². The first-order chi connectivity index (χ1) is 14.3. The minimum absolute atomic E-state index is 0.0986. The van der Waals surface area contributed by atoms with E-state index in [0.717, 1.165) is 0 Å². The number of hydrogen-bond acceptors (Lipinski definition) is 3. The summed E-state index contributed by atoms with van der Waals surface area (Å²) in [6.07, 6.45) is 0.966. The van der Waals surface area contributed by atoms with Crippen molar-refractivity contribution in [3.05, 3.63) is 69.5 Å². The van der Waals surface area contributed by atoms with Crippen LogP contribution in [0.4, 0.5) is 9.18 Å². The topological polar surface area (TPSA) is 99.3 Å². The van der Waals surface area contributed by atoms with Crippen molar-refractivity contribution >= 4 is 41.0 Å². The van der Waals surface area contributed by atoms with Crippen LogP contribution in [0.5, 0.6) is 0 Å². The van der Waals surface area contributed by atoms with Gasteiger partial charge in [0.1, 0.15) is 11.9 Å². The molecule has 0 spiro atoms. The molecule has 30 heavy (non-hydrogen) atoms. The lowest BCUT2D eigenvalue weighted by Crippen LogP contribution is -2.54. The molecule has 0 aliphatic heterocycles. The third-order valence-corrected chi connectivity index (χ3v) is 4.60. The normalized spacial score (nSPS) is 11.3. The van der Waals surface area contributed by atoms with Gasteiger partial charge >= 0.3 is 6.03 Å². The smallest absolute Gasteiger partial charge is 0.315 e. The highest BCUT2D eigenvalue weighted by atomic mass is 35.5. The van der Waals surface area contributed by atoms with Crippen LogP contribution in [0.3, 0.4) is 0 Å². The summed E-state index contributed by atoms with van der Waals surface area (Å²) in [5, 5.41) is 5.64. The molecule has 4 N–H and O–H groups in total. The standard InChI is InChI=1S/C20H21Cl2FN4O3/c1-2-3-17(25-20(30)24-11-12-4-7-14(23)8-5-12)19(29)27-26-18(28)15-10-13(21)6-9-16(15)22/h4-10,17H,2-3,11H2,1H3,(H,26,28)(H,27,29)(H2,24,25,30). The number of hydrazine groups is 1. The van der Waals surface area contributed by atoms with Crippen LogP contribution in [0.1, 0.15) is 35.7 Å². The van der Waals surface area contributed by atoms with Gasteiger partial charge in [-0.2, -0.15) is 0 Å². The second kappa shape index (κ2) is 11.4. The van der Waals surface area contributed by atoms with Crippen LogP contribution < -0.4 is 21.5 Å². The molecule has 0 heterocycles. The van der Waals surface area contributed by atoms with Gasteiger partial charge in [-0.15, -0.1) is 0 Å². The fourth-order valence-electron chi connectivity index (χ4n) is 2.50. The maximum absolute atomic E-state index is 12.9. The molecule has 0 fully saturated rings. The Morgan fingerprint density at radius 3 is 2.40 bits per heavy atom. The lowest BCUT2D eigenvalue weighted by Gasteiger charge is -2.18. The van der Waals surface area contributed by atoms with E-state index < -0.39 is 23.9 Å². The molecule has 0 aliphatic rings. The van der Waals surface area contributed by atoms with Crippen molar-refractivity contribution in [3.63, 3.8) is 0 Å². The second-order valence-corrected chi connectivity index (χ2v) is 7.21. The van der Waals surface area contributed by atoms with Crippen molar-refractivity contribution < 1.29 is 18.8 Å². The Labute approximate surface area is 183 Å². The van der Waals surface area contributed by atoms with Gasteiger partial charge in [0.25, 0.3) is 11.8 Å². The summed E-state index contributed by atoms with van der Waals surface area (Å²) in [5.41, 5.74) is 5.33. The van der Waals surface area contributed by atoms with Crippen LogP contribution in [0.15, 0.2) is 42.5 Å². The van der Waals surface area contributed by atoms with Gasteiger partial charge in [0.2, 0.25) is 0 Å². The summed E-state index contributed by atoms with van der Waals surface area (Å²) < 4.78 is 12.9. The predicted molar refractivity (Wildman–Crippen MR) is 113 cm³/mol. The molecule has 10 heteroatoms. The zero-order valence-corrected chi connectivity index (χ0v) is 17.6. The van der Waals surface area contributed by atoms with Crippen LogP contribution in [-0.2, 0) is 11.3 Å². The molecule has 0 aromatic heterocycles. The zero-order chi connectivity index (χ0) is 22.1. The molecule has 0 bridgehead atoms. The average molecular weight is 455 g/mol. The van der Waals surface area contributed by atoms with Gasteiger partial charge in [0.05, 0.1) is 10.6 Å². The molecule has 2 rings (SSSR count). The van der Waals surface area contributed by atoms with E-state index in [4.69, 9.17) is 23.2 Å². The van der Waals surface area contributed by atoms with E-state index in [9.17, 15) is 18.8 Å². The maximum Gasteiger partial charge on any atom is 0.315 e. The van der Waals surface area contributed by atoms with E-state index in [1.54, 1.807) is 12.1 Å². The molecule has 0 saturated carbocycles. The third kappa shape index (κ3) is 7.20. The summed E-state index contributed by atoms with van der Waals surface area (Å²) in [6.45, 7) is 2.01. The molecule has 0 saturated heterocycles. The quantitative estimate of drug-likeness (QED) is 0.481. The molecule has 2 aromatic rings. The van der Waals surface area contributed by atoms with Crippen molar-refractivity contribution in [2.75, 3.05) is 0 Å². The molecule has 0 radical (unpaired) electrons. The summed E-state index contributed by atoms with van der Waals surface area (Å²) in [6, 6.07) is 8.59. The van der Waals surface area contributed by atoms with E-state index in [1.165, 1.54) is 30.3 Å². The number of nitrogens with one attached hydrogen (secondary N) is 4. The van der Waals surface area contributed by atoms with Crippen LogP contribution in [0.25, 0.3) is 0 Å². The molecule has 0 aliphatic carbocycles. The fraction of sp³-hybridized carbons (Fsp3) is 0.250. The number of carbonyl (C=O) groups excluding carboxylic acids is 3. The lowest BCUT2D eigenvalue weighted by molar-refractivity contribution is -0.123. The number of urea groups is 1. The Morgan fingerprint density at radius 1 is 1.03 bits per heavy atom. The Kier molecular flexibility index (Phi) is 8.89. The van der Waals surface area contributed by atoms with Gasteiger partial charge in [-0.05, 0) is 42.3 Å². The summed E-state index contributed by atoms with van der Waals surface area (Å²) in [4.78, 5) is 36.7. The lowest BCUT2D eigenvalue weighted by atomic mass is 10.1. The Morgan fingerprint density at radius 2 is 1.73 bits per heavy atom. The highest BCUT2D eigenvalue weighted by Crippen LogP contribution is 2.20. The first-order valence-electron chi connectivity index (χ1n) is 9.14. The molecule has 2 aromatic carbocycles. The van der Waals surface area contributed by atoms with E-state index in [-0.39, 0.29) is 22.9 Å². The van der Waals surface area contributed by atoms with Crippen molar-refractivity contribution in [1.29, 1.82) is 0 Å². The third-order valence-electron chi connectivity index (χ3n) is 4.04. The van der Waals surface area contributed by atoms with Gasteiger partial charge in [0, 0.05) is 11.6 Å². The van der Waals surface area contributed by atoms with Crippen LogP contribution >= 0.6 is 23.2 Å². The number of carbonyl (C=O) groups is 3. The van der Waals surface area contributed by atoms with Crippen LogP contribution in [0, 0.1) is 5.82 Å². The van der Waals surface area contributed by atoms with Gasteiger partial charge in [0.15, 0.2) is 0 Å². The molecular formula is C20H21Cl2FN4O3. The Hall–Kier alpha value is -2.84. The summed E-state index contributed by atoms with van der Waals surface area (Å²) in [5.74, 6) is -1.61. The molecule has 4 amide bonds. The van der Waals surface area contributed by atoms with Crippen LogP contribution in [0.2, 0.25) is 10.0 Å². The zero-order valence-electron chi connectivity index (χ0n) is 16.1. The molecule has 1 atom stereocenters. The van der Waals surface area contributed by atoms with Crippen molar-refractivity contribution in [2.24, 2.45) is 0 Å². The minimum Gasteiger partial charge on any atom is -0.334 e. The number of amides is 4. The van der Waals surface area contributed by atoms with Gasteiger partial charge in [-0.25, -0.2) is 9.18 Å². The summed E-state index contributed by atoms with van der Waals surface area (Å²) in [7, 11) is 0. The number of halogens is 3. The van der Waals surface area contributed by atoms with Gasteiger partial charge < -0.3 is 10.6 Å². The van der Waals surface area contributed by atoms with E-state index in [0.29, 0.717) is 23.4 Å². The molecule has 160 valence electrons. The van der Waals surface area contributed by atoms with Crippen molar-refractivity contribution in [2.45, 2.75) is 32.4 Å². The average Bonchev–Trinajstić information content (AvgIpc) is 2.72. The SMILES string of the molecule is CCCC(NC(=O)NCc1ccc(F)cc1)C(=O)NNC(=O)c1cc(Cl)ccc1Cl. The van der Waals surface area contributed by atoms with E-state index in [2.05, 4.69) is 21.5 Å². The first-order valence-corrected chi connectivity index (χ1v) is 9.89. The van der Waals surface area contributed by atoms with Crippen molar-refractivity contribution in [3.8, 4) is 0 Å². The highest BCUT2D eigenvalue weighted by Gasteiger charge is 2.21. The number of benzene rings is 2. The first kappa shape index (κ1) is 23.4. The summed E-state index contributed by atoms with van der Waals surface area (Å²) >= 11 is 11.8. The number of rotatable bonds is 7. The Bertz CT molecular complexity index is 909. The van der Waals surface area contributed by atoms with Gasteiger partial charge in [-0.1, -0.05) is 48.7 Å². The fourth-order valence-corrected chi connectivity index (χ4v) is 2.87. The predicted octanol–water partition coefficient (Wildman–Crippen LogP) is 3.56.